The zero-order valence-electron chi connectivity index (χ0n) is 13.7. The Kier molecular flexibility index (Phi) is 4.62. The largest absolute Gasteiger partial charge is 0.497 e. The first-order valence-corrected chi connectivity index (χ1v) is 9.51. The molecule has 1 aliphatic rings. The van der Waals surface area contributed by atoms with Crippen LogP contribution >= 0.6 is 11.6 Å². The van der Waals surface area contributed by atoms with Gasteiger partial charge in [0.15, 0.2) is 0 Å². The molecule has 1 heterocycles. The molecule has 2 aromatic rings. The summed E-state index contributed by atoms with van der Waals surface area (Å²) in [6.07, 6.45) is 0.266. The third-order valence-corrected chi connectivity index (χ3v) is 5.87. The van der Waals surface area contributed by atoms with Crippen LogP contribution in [0.15, 0.2) is 41.3 Å². The highest BCUT2D eigenvalue weighted by Crippen LogP contribution is 2.33. The smallest absolute Gasteiger partial charge is 0.263 e. The number of nitrogens with one attached hydrogen (secondary N) is 1. The number of sulfonamides is 1. The monoisotopic (exact) mass is 380 g/mol. The van der Waals surface area contributed by atoms with Crippen molar-refractivity contribution in [3.63, 3.8) is 0 Å². The Hall–Kier alpha value is -2.25. The normalized spacial score (nSPS) is 13.7. The van der Waals surface area contributed by atoms with E-state index >= 15 is 0 Å². The predicted molar refractivity (Wildman–Crippen MR) is 97.0 cm³/mol. The minimum atomic E-state index is -3.86. The third-order valence-electron chi connectivity index (χ3n) is 4.01. The molecule has 2 aromatic carbocycles. The van der Waals surface area contributed by atoms with Gasteiger partial charge in [-0.3, -0.25) is 9.52 Å². The maximum Gasteiger partial charge on any atom is 0.263 e. The van der Waals surface area contributed by atoms with Gasteiger partial charge in [-0.2, -0.15) is 0 Å². The molecule has 132 valence electrons. The average Bonchev–Trinajstić information content (AvgIpc) is 2.88. The number of fused-ring (bicyclic) bond motifs is 1. The summed E-state index contributed by atoms with van der Waals surface area (Å²) in [5, 5.41) is 0.0698. The summed E-state index contributed by atoms with van der Waals surface area (Å²) in [4.78, 5) is 13.6. The molecule has 0 fully saturated rings. The molecule has 0 aromatic heterocycles. The Morgan fingerprint density at radius 2 is 2.00 bits per heavy atom. The highest BCUT2D eigenvalue weighted by atomic mass is 35.5. The molecule has 1 amide bonds. The van der Waals surface area contributed by atoms with E-state index in [9.17, 15) is 13.2 Å². The lowest BCUT2D eigenvalue weighted by Crippen LogP contribution is -2.25. The molecule has 0 saturated heterocycles. The van der Waals surface area contributed by atoms with E-state index in [1.807, 2.05) is 6.92 Å². The van der Waals surface area contributed by atoms with Gasteiger partial charge in [0, 0.05) is 24.0 Å². The van der Waals surface area contributed by atoms with Crippen molar-refractivity contribution in [2.75, 3.05) is 23.3 Å². The van der Waals surface area contributed by atoms with Crippen molar-refractivity contribution in [3.05, 3.63) is 47.0 Å². The number of hydrogen-bond donors (Lipinski definition) is 1. The molecule has 0 aliphatic carbocycles. The SMILES string of the molecule is CCN1C(=O)Cc2cc(NS(=O)(=O)c3ccc(OC)cc3Cl)ccc21. The second-order valence-electron chi connectivity index (χ2n) is 5.56. The number of halogens is 1. The van der Waals surface area contributed by atoms with Crippen molar-refractivity contribution in [3.8, 4) is 5.75 Å². The first kappa shape index (κ1) is 17.6. The Morgan fingerprint density at radius 1 is 1.24 bits per heavy atom. The number of carbonyl (C=O) groups is 1. The van der Waals surface area contributed by atoms with Gasteiger partial charge in [0.25, 0.3) is 10.0 Å². The molecule has 0 unspecified atom stereocenters. The molecule has 0 spiro atoms. The third kappa shape index (κ3) is 3.29. The second kappa shape index (κ2) is 6.57. The first-order valence-electron chi connectivity index (χ1n) is 7.65. The molecule has 0 bridgehead atoms. The summed E-state index contributed by atoms with van der Waals surface area (Å²) < 4.78 is 32.7. The van der Waals surface area contributed by atoms with E-state index in [2.05, 4.69) is 4.72 Å². The van der Waals surface area contributed by atoms with Crippen LogP contribution in [-0.2, 0) is 21.2 Å². The minimum Gasteiger partial charge on any atom is -0.497 e. The first-order chi connectivity index (χ1) is 11.9. The fraction of sp³-hybridized carbons (Fsp3) is 0.235. The number of likely N-dealkylation sites (N-methyl/N-ethyl adjacent to an activating group) is 1. The number of carbonyl (C=O) groups excluding carboxylic acids is 1. The van der Waals surface area contributed by atoms with Gasteiger partial charge in [-0.05, 0) is 42.8 Å². The van der Waals surface area contributed by atoms with E-state index in [1.165, 1.54) is 25.3 Å². The quantitative estimate of drug-likeness (QED) is 0.864. The number of methoxy groups -OCH3 is 1. The lowest BCUT2D eigenvalue weighted by molar-refractivity contribution is -0.117. The van der Waals surface area contributed by atoms with Crippen molar-refractivity contribution >= 4 is 38.9 Å². The number of rotatable bonds is 5. The maximum atomic E-state index is 12.6. The van der Waals surface area contributed by atoms with Crippen LogP contribution in [0.5, 0.6) is 5.75 Å². The molecule has 25 heavy (non-hydrogen) atoms. The Morgan fingerprint density at radius 3 is 2.64 bits per heavy atom. The van der Waals surface area contributed by atoms with Crippen LogP contribution in [0.25, 0.3) is 0 Å². The van der Waals surface area contributed by atoms with Crippen LogP contribution in [0.4, 0.5) is 11.4 Å². The van der Waals surface area contributed by atoms with Crippen molar-refractivity contribution in [2.24, 2.45) is 0 Å². The van der Waals surface area contributed by atoms with Gasteiger partial charge in [-0.25, -0.2) is 8.42 Å². The van der Waals surface area contributed by atoms with Crippen LogP contribution in [-0.4, -0.2) is 28.0 Å². The summed E-state index contributed by atoms with van der Waals surface area (Å²) >= 11 is 6.06. The molecule has 0 saturated carbocycles. The van der Waals surface area contributed by atoms with Crippen LogP contribution in [0.3, 0.4) is 0 Å². The Labute approximate surface area is 151 Å². The van der Waals surface area contributed by atoms with E-state index in [0.717, 1.165) is 11.3 Å². The lowest BCUT2D eigenvalue weighted by atomic mass is 10.1. The second-order valence-corrected chi connectivity index (χ2v) is 7.62. The van der Waals surface area contributed by atoms with Crippen molar-refractivity contribution in [2.45, 2.75) is 18.2 Å². The fourth-order valence-electron chi connectivity index (χ4n) is 2.83. The molecule has 1 N–H and O–H groups in total. The molecule has 6 nitrogen and oxygen atoms in total. The van der Waals surface area contributed by atoms with Crippen LogP contribution in [0.1, 0.15) is 12.5 Å². The summed E-state index contributed by atoms with van der Waals surface area (Å²) in [5.41, 5.74) is 2.00. The van der Waals surface area contributed by atoms with E-state index in [0.29, 0.717) is 18.0 Å². The number of amides is 1. The van der Waals surface area contributed by atoms with Crippen molar-refractivity contribution < 1.29 is 17.9 Å². The molecule has 0 atom stereocenters. The zero-order chi connectivity index (χ0) is 18.2. The Balaban J connectivity index is 1.90. The van der Waals surface area contributed by atoms with Gasteiger partial charge in [-0.15, -0.1) is 0 Å². The minimum absolute atomic E-state index is 0.00991. The topological polar surface area (TPSA) is 75.7 Å². The number of anilines is 2. The summed E-state index contributed by atoms with van der Waals surface area (Å²) in [5.74, 6) is 0.482. The molecular weight excluding hydrogens is 364 g/mol. The van der Waals surface area contributed by atoms with E-state index < -0.39 is 10.0 Å². The highest BCUT2D eigenvalue weighted by Gasteiger charge is 2.27. The van der Waals surface area contributed by atoms with Crippen LogP contribution < -0.4 is 14.4 Å². The highest BCUT2D eigenvalue weighted by molar-refractivity contribution is 7.92. The van der Waals surface area contributed by atoms with E-state index in [4.69, 9.17) is 16.3 Å². The van der Waals surface area contributed by atoms with Gasteiger partial charge >= 0.3 is 0 Å². The fourth-order valence-corrected chi connectivity index (χ4v) is 4.42. The predicted octanol–water partition coefficient (Wildman–Crippen LogP) is 3.06. The number of benzene rings is 2. The molecular formula is C17H17ClN2O4S. The zero-order valence-corrected chi connectivity index (χ0v) is 15.3. The van der Waals surface area contributed by atoms with E-state index in [1.54, 1.807) is 23.1 Å². The number of ether oxygens (including phenoxy) is 1. The molecule has 8 heteroatoms. The van der Waals surface area contributed by atoms with Gasteiger partial charge in [-0.1, -0.05) is 11.6 Å². The van der Waals surface area contributed by atoms with Crippen molar-refractivity contribution in [1.29, 1.82) is 0 Å². The summed E-state index contributed by atoms with van der Waals surface area (Å²) in [6, 6.07) is 9.42. The van der Waals surface area contributed by atoms with Gasteiger partial charge in [0.1, 0.15) is 10.6 Å². The maximum absolute atomic E-state index is 12.6. The van der Waals surface area contributed by atoms with E-state index in [-0.39, 0.29) is 22.2 Å². The lowest BCUT2D eigenvalue weighted by Gasteiger charge is -2.15. The number of hydrogen-bond acceptors (Lipinski definition) is 4. The molecule has 3 rings (SSSR count). The summed E-state index contributed by atoms with van der Waals surface area (Å²) in [6.45, 7) is 2.48. The standard InChI is InChI=1S/C17H17ClN2O4S/c1-3-20-15-6-4-12(8-11(15)9-17(20)21)19-25(22,23)16-7-5-13(24-2)10-14(16)18/h4-8,10,19H,3,9H2,1-2H3. The van der Waals surface area contributed by atoms with Crippen LogP contribution in [0.2, 0.25) is 5.02 Å². The van der Waals surface area contributed by atoms with Gasteiger partial charge in [0.05, 0.1) is 18.6 Å². The molecule has 1 aliphatic heterocycles. The van der Waals surface area contributed by atoms with Gasteiger partial charge < -0.3 is 9.64 Å². The van der Waals surface area contributed by atoms with Gasteiger partial charge in [0.2, 0.25) is 5.91 Å². The molecule has 0 radical (unpaired) electrons. The number of nitrogens with zero attached hydrogens (tertiary/aromatic N) is 1. The van der Waals surface area contributed by atoms with Crippen LogP contribution in [0, 0.1) is 0 Å². The van der Waals surface area contributed by atoms with Crippen molar-refractivity contribution in [1.82, 2.24) is 0 Å². The summed E-state index contributed by atoms with van der Waals surface area (Å²) in [7, 11) is -2.38. The Bertz CT molecular complexity index is 944. The average molecular weight is 381 g/mol.